The van der Waals surface area contributed by atoms with Gasteiger partial charge in [0.1, 0.15) is 28.8 Å². The number of nitrogens with zero attached hydrogens (tertiary/aromatic N) is 1. The van der Waals surface area contributed by atoms with Crippen LogP contribution in [-0.4, -0.2) is 0 Å². The Balaban J connectivity index is 0.00000256. The third-order valence-electron chi connectivity index (χ3n) is 5.57. The van der Waals surface area contributed by atoms with E-state index >= 15 is 0 Å². The highest BCUT2D eigenvalue weighted by atomic mass is 35.5. The lowest BCUT2D eigenvalue weighted by atomic mass is 10.1. The van der Waals surface area contributed by atoms with Crippen LogP contribution in [0.2, 0.25) is 0 Å². The summed E-state index contributed by atoms with van der Waals surface area (Å²) in [6, 6.07) is 43.0. The van der Waals surface area contributed by atoms with E-state index in [2.05, 4.69) is 110 Å². The Labute approximate surface area is 185 Å². The third-order valence-corrected chi connectivity index (χ3v) is 10.4. The van der Waals surface area contributed by atoms with Crippen LogP contribution in [0.3, 0.4) is 0 Å². The Kier molecular flexibility index (Phi) is 7.07. The molecule has 0 aromatic heterocycles. The highest BCUT2D eigenvalue weighted by Crippen LogP contribution is 2.66. The SMILES string of the molecule is CC(c1cccc(C#N)c1)[P+](c1ccccc1)(c1ccccc1)c1ccccc1.[Cl-]. The van der Waals surface area contributed by atoms with Crippen molar-refractivity contribution in [3.8, 4) is 6.07 Å². The van der Waals surface area contributed by atoms with Crippen LogP contribution in [0.4, 0.5) is 0 Å². The molecule has 0 fully saturated rings. The highest BCUT2D eigenvalue weighted by molar-refractivity contribution is 7.95. The number of nitriles is 1. The minimum Gasteiger partial charge on any atom is -1.00 e. The molecular formula is C27H23ClNP. The molecule has 0 saturated heterocycles. The number of benzene rings is 4. The van der Waals surface area contributed by atoms with E-state index in [0.717, 1.165) is 0 Å². The molecule has 1 unspecified atom stereocenters. The monoisotopic (exact) mass is 427 g/mol. The predicted octanol–water partition coefficient (Wildman–Crippen LogP) is 2.62. The van der Waals surface area contributed by atoms with Gasteiger partial charge in [0.2, 0.25) is 0 Å². The first-order valence-electron chi connectivity index (χ1n) is 9.82. The predicted molar refractivity (Wildman–Crippen MR) is 125 cm³/mol. The van der Waals surface area contributed by atoms with E-state index < -0.39 is 7.26 Å². The second-order valence-corrected chi connectivity index (χ2v) is 10.9. The first kappa shape index (κ1) is 21.8. The Hall–Kier alpha value is -2.91. The second-order valence-electron chi connectivity index (χ2n) is 7.14. The van der Waals surface area contributed by atoms with E-state index in [9.17, 15) is 5.26 Å². The molecule has 0 bridgehead atoms. The van der Waals surface area contributed by atoms with Crippen LogP contribution in [0.1, 0.15) is 23.7 Å². The summed E-state index contributed by atoms with van der Waals surface area (Å²) < 4.78 is 0. The minimum atomic E-state index is -2.01. The molecule has 0 aliphatic rings. The molecule has 0 spiro atoms. The average Bonchev–Trinajstić information content (AvgIpc) is 2.82. The van der Waals surface area contributed by atoms with Gasteiger partial charge in [-0.15, -0.1) is 0 Å². The molecule has 0 amide bonds. The van der Waals surface area contributed by atoms with Crippen LogP contribution in [0.15, 0.2) is 115 Å². The van der Waals surface area contributed by atoms with Crippen molar-refractivity contribution in [2.24, 2.45) is 0 Å². The van der Waals surface area contributed by atoms with Crippen LogP contribution in [0, 0.1) is 11.3 Å². The molecule has 0 N–H and O–H groups in total. The van der Waals surface area contributed by atoms with Gasteiger partial charge in [-0.3, -0.25) is 0 Å². The van der Waals surface area contributed by atoms with Crippen molar-refractivity contribution in [2.75, 3.05) is 0 Å². The summed E-state index contributed by atoms with van der Waals surface area (Å²) in [4.78, 5) is 0. The molecule has 4 rings (SSSR count). The number of hydrogen-bond acceptors (Lipinski definition) is 1. The fraction of sp³-hybridized carbons (Fsp3) is 0.0741. The van der Waals surface area contributed by atoms with Crippen LogP contribution in [-0.2, 0) is 0 Å². The average molecular weight is 428 g/mol. The summed E-state index contributed by atoms with van der Waals surface area (Å²) >= 11 is 0. The molecular weight excluding hydrogens is 405 g/mol. The summed E-state index contributed by atoms with van der Waals surface area (Å²) in [5.41, 5.74) is 2.14. The molecule has 4 aromatic carbocycles. The summed E-state index contributed by atoms with van der Waals surface area (Å²) in [7, 11) is -2.01. The number of hydrogen-bond donors (Lipinski definition) is 0. The van der Waals surface area contributed by atoms with Crippen molar-refractivity contribution in [1.29, 1.82) is 5.26 Å². The lowest BCUT2D eigenvalue weighted by molar-refractivity contribution is -0.00000586. The molecule has 4 aromatic rings. The number of rotatable bonds is 5. The van der Waals surface area contributed by atoms with Crippen molar-refractivity contribution in [2.45, 2.75) is 12.6 Å². The molecule has 0 aliphatic heterocycles. The van der Waals surface area contributed by atoms with Gasteiger partial charge in [0.15, 0.2) is 0 Å². The smallest absolute Gasteiger partial charge is 0.119 e. The van der Waals surface area contributed by atoms with Gasteiger partial charge in [0.25, 0.3) is 0 Å². The fourth-order valence-corrected chi connectivity index (χ4v) is 8.97. The van der Waals surface area contributed by atoms with E-state index in [1.54, 1.807) is 0 Å². The van der Waals surface area contributed by atoms with Gasteiger partial charge in [-0.05, 0) is 61.0 Å². The Morgan fingerprint density at radius 2 is 1.07 bits per heavy atom. The van der Waals surface area contributed by atoms with Crippen LogP contribution >= 0.6 is 7.26 Å². The van der Waals surface area contributed by atoms with Gasteiger partial charge in [0, 0.05) is 0 Å². The van der Waals surface area contributed by atoms with Crippen molar-refractivity contribution in [3.05, 3.63) is 126 Å². The lowest BCUT2D eigenvalue weighted by Gasteiger charge is -2.33. The molecule has 1 nitrogen and oxygen atoms in total. The van der Waals surface area contributed by atoms with E-state index in [1.807, 2.05) is 18.2 Å². The normalized spacial score (nSPS) is 11.7. The fourth-order valence-electron chi connectivity index (χ4n) is 4.20. The molecule has 0 heterocycles. The van der Waals surface area contributed by atoms with E-state index in [-0.39, 0.29) is 18.1 Å². The first-order chi connectivity index (χ1) is 14.3. The molecule has 0 saturated carbocycles. The minimum absolute atomic E-state index is 0. The largest absolute Gasteiger partial charge is 1.00 e. The Bertz CT molecular complexity index is 1020. The maximum Gasteiger partial charge on any atom is 0.119 e. The summed E-state index contributed by atoms with van der Waals surface area (Å²) in [5.74, 6) is 0. The van der Waals surface area contributed by atoms with Gasteiger partial charge in [-0.25, -0.2) is 0 Å². The quantitative estimate of drug-likeness (QED) is 0.449. The first-order valence-corrected chi connectivity index (χ1v) is 11.7. The van der Waals surface area contributed by atoms with E-state index in [1.165, 1.54) is 21.5 Å². The van der Waals surface area contributed by atoms with E-state index in [0.29, 0.717) is 5.56 Å². The molecule has 1 atom stereocenters. The maximum atomic E-state index is 9.46. The topological polar surface area (TPSA) is 23.8 Å². The van der Waals surface area contributed by atoms with Crippen molar-refractivity contribution < 1.29 is 12.4 Å². The van der Waals surface area contributed by atoms with Crippen LogP contribution in [0.5, 0.6) is 0 Å². The molecule has 0 radical (unpaired) electrons. The van der Waals surface area contributed by atoms with Crippen LogP contribution < -0.4 is 28.3 Å². The second kappa shape index (κ2) is 9.73. The molecule has 3 heteroatoms. The lowest BCUT2D eigenvalue weighted by Crippen LogP contribution is -3.00. The van der Waals surface area contributed by atoms with Crippen molar-refractivity contribution >= 4 is 23.2 Å². The Morgan fingerprint density at radius 1 is 0.633 bits per heavy atom. The van der Waals surface area contributed by atoms with Crippen LogP contribution in [0.25, 0.3) is 0 Å². The zero-order chi connectivity index (χ0) is 20.1. The highest BCUT2D eigenvalue weighted by Gasteiger charge is 2.50. The van der Waals surface area contributed by atoms with Gasteiger partial charge in [-0.2, -0.15) is 5.26 Å². The standard InChI is InChI=1S/C27H23NP.ClH/c1-22(24-13-11-12-23(20-24)21-28)29(25-14-5-2-6-15-25,26-16-7-3-8-17-26)27-18-9-4-10-19-27;/h2-20,22H,1H3;1H/q+1;/p-1. The number of halogens is 1. The van der Waals surface area contributed by atoms with Gasteiger partial charge >= 0.3 is 0 Å². The Morgan fingerprint density at radius 3 is 1.47 bits per heavy atom. The van der Waals surface area contributed by atoms with Crippen molar-refractivity contribution in [3.63, 3.8) is 0 Å². The molecule has 148 valence electrons. The zero-order valence-electron chi connectivity index (χ0n) is 16.8. The third kappa shape index (κ3) is 3.90. The van der Waals surface area contributed by atoms with E-state index in [4.69, 9.17) is 0 Å². The van der Waals surface area contributed by atoms with Crippen molar-refractivity contribution in [1.82, 2.24) is 0 Å². The van der Waals surface area contributed by atoms with Gasteiger partial charge in [0.05, 0.1) is 11.6 Å². The molecule has 30 heavy (non-hydrogen) atoms. The molecule has 0 aliphatic carbocycles. The van der Waals surface area contributed by atoms with Gasteiger partial charge in [-0.1, -0.05) is 66.7 Å². The summed E-state index contributed by atoms with van der Waals surface area (Å²) in [6.07, 6.45) is 0. The summed E-state index contributed by atoms with van der Waals surface area (Å²) in [6.45, 7) is 2.32. The maximum absolute atomic E-state index is 9.46. The zero-order valence-corrected chi connectivity index (χ0v) is 18.5. The summed E-state index contributed by atoms with van der Waals surface area (Å²) in [5, 5.41) is 13.5. The van der Waals surface area contributed by atoms with Gasteiger partial charge < -0.3 is 12.4 Å².